The minimum Gasteiger partial charge on any atom is -0.440 e. The van der Waals surface area contributed by atoms with E-state index in [2.05, 4.69) is 16.6 Å². The molecule has 1 amide bonds. The number of hydrogen-bond acceptors (Lipinski definition) is 8. The molecule has 0 saturated heterocycles. The maximum Gasteiger partial charge on any atom is 0.297 e. The van der Waals surface area contributed by atoms with Gasteiger partial charge >= 0.3 is 0 Å². The molecule has 1 fully saturated rings. The summed E-state index contributed by atoms with van der Waals surface area (Å²) < 4.78 is 37.9. The van der Waals surface area contributed by atoms with Crippen LogP contribution in [0.5, 0.6) is 0 Å². The Bertz CT molecular complexity index is 1420. The van der Waals surface area contributed by atoms with Gasteiger partial charge in [-0.1, -0.05) is 31.2 Å². The Hall–Kier alpha value is -3.15. The van der Waals surface area contributed by atoms with Crippen LogP contribution in [-0.4, -0.2) is 30.8 Å². The Balaban J connectivity index is 1.40. The van der Waals surface area contributed by atoms with Crippen LogP contribution >= 0.6 is 11.6 Å². The van der Waals surface area contributed by atoms with E-state index >= 15 is 0 Å². The smallest absolute Gasteiger partial charge is 0.297 e. The summed E-state index contributed by atoms with van der Waals surface area (Å²) in [4.78, 5) is 20.6. The Kier molecular flexibility index (Phi) is 7.26. The Morgan fingerprint density at radius 2 is 2.08 bits per heavy atom. The van der Waals surface area contributed by atoms with Crippen molar-refractivity contribution in [3.63, 3.8) is 0 Å². The van der Waals surface area contributed by atoms with E-state index in [4.69, 9.17) is 31.9 Å². The van der Waals surface area contributed by atoms with E-state index in [1.54, 1.807) is 25.1 Å². The number of carbonyl (C=O) groups is 1. The lowest BCUT2D eigenvalue weighted by molar-refractivity contribution is -0.119. The zero-order chi connectivity index (χ0) is 26.1. The molecule has 5 N–H and O–H groups in total. The number of sulfonamides is 1. The molecule has 36 heavy (non-hydrogen) atoms. The predicted octanol–water partition coefficient (Wildman–Crippen LogP) is 3.81. The van der Waals surface area contributed by atoms with Crippen LogP contribution in [0.25, 0.3) is 11.1 Å². The summed E-state index contributed by atoms with van der Waals surface area (Å²) in [6.07, 6.45) is 4.18. The summed E-state index contributed by atoms with van der Waals surface area (Å²) in [5.41, 5.74) is 12.8. The number of hydrogen-bond donors (Lipinski definition) is 3. The molecule has 2 heterocycles. The first kappa shape index (κ1) is 25.9. The number of nitrogens with zero attached hydrogens (tertiary/aromatic N) is 2. The van der Waals surface area contributed by atoms with Crippen molar-refractivity contribution in [3.05, 3.63) is 59.7 Å². The van der Waals surface area contributed by atoms with Gasteiger partial charge in [0.15, 0.2) is 23.1 Å². The molecule has 1 saturated carbocycles. The molecule has 3 aromatic rings. The van der Waals surface area contributed by atoms with Crippen molar-refractivity contribution in [3.8, 4) is 0 Å². The standard InChI is InChI=1S/C24H28ClN5O5S/c1-3-5-20(31)30-36(32,33)21-9-8-19(34-21)22(26)29-24(27,4-2)13-14-10-15(11-14)23-28-17-12-16(25)6-7-18(17)35-23/h4,6-9,12,14-15H,2-3,5,10-11,13,27H2,1H3,(H2,26,29)(H,30,31)/t14?,15?,24-/m0/s1. The molecule has 4 rings (SSSR count). The van der Waals surface area contributed by atoms with Gasteiger partial charge in [0.1, 0.15) is 11.2 Å². The van der Waals surface area contributed by atoms with E-state index in [-0.39, 0.29) is 29.9 Å². The first-order valence-corrected chi connectivity index (χ1v) is 13.4. The van der Waals surface area contributed by atoms with Gasteiger partial charge in [0.2, 0.25) is 11.0 Å². The van der Waals surface area contributed by atoms with Crippen molar-refractivity contribution in [1.29, 1.82) is 0 Å². The number of nitrogens with two attached hydrogens (primary N) is 2. The molecular formula is C24H28ClN5O5S. The number of amidine groups is 1. The summed E-state index contributed by atoms with van der Waals surface area (Å²) in [7, 11) is -4.15. The number of benzene rings is 1. The Morgan fingerprint density at radius 1 is 1.33 bits per heavy atom. The van der Waals surface area contributed by atoms with E-state index in [0.29, 0.717) is 29.3 Å². The predicted molar refractivity (Wildman–Crippen MR) is 136 cm³/mol. The molecule has 0 aliphatic heterocycles. The lowest BCUT2D eigenvalue weighted by atomic mass is 9.71. The molecule has 192 valence electrons. The van der Waals surface area contributed by atoms with E-state index in [9.17, 15) is 13.2 Å². The van der Waals surface area contributed by atoms with Crippen LogP contribution in [0.3, 0.4) is 0 Å². The lowest BCUT2D eigenvalue weighted by Gasteiger charge is -2.37. The number of nitrogens with one attached hydrogen (secondary N) is 1. The van der Waals surface area contributed by atoms with Crippen LogP contribution in [0.2, 0.25) is 5.02 Å². The van der Waals surface area contributed by atoms with E-state index in [1.165, 1.54) is 18.2 Å². The number of oxazole rings is 1. The van der Waals surface area contributed by atoms with E-state index < -0.39 is 26.7 Å². The van der Waals surface area contributed by atoms with Gasteiger partial charge in [-0.3, -0.25) is 4.79 Å². The maximum atomic E-state index is 12.3. The maximum absolute atomic E-state index is 12.3. The fourth-order valence-electron chi connectivity index (χ4n) is 4.19. The number of furan rings is 1. The number of carbonyl (C=O) groups excluding carboxylic acids is 1. The summed E-state index contributed by atoms with van der Waals surface area (Å²) in [5, 5.41) is 0.161. The summed E-state index contributed by atoms with van der Waals surface area (Å²) >= 11 is 6.03. The number of fused-ring (bicyclic) bond motifs is 1. The van der Waals surface area contributed by atoms with Gasteiger partial charge in [-0.15, -0.1) is 0 Å². The summed E-state index contributed by atoms with van der Waals surface area (Å²) in [6, 6.07) is 7.90. The van der Waals surface area contributed by atoms with Gasteiger partial charge in [-0.2, -0.15) is 8.42 Å². The SMILES string of the molecule is C=C[C@@](N)(CC1CC(c2nc3cc(Cl)ccc3o2)C1)N=C(N)c1ccc(S(=O)(=O)NC(=O)CCC)o1. The summed E-state index contributed by atoms with van der Waals surface area (Å²) in [5.74, 6) is 0.386. The Morgan fingerprint density at radius 3 is 2.78 bits per heavy atom. The molecule has 1 aliphatic carbocycles. The topological polar surface area (TPSA) is 167 Å². The van der Waals surface area contributed by atoms with Crippen molar-refractivity contribution in [2.75, 3.05) is 0 Å². The molecule has 0 radical (unpaired) electrons. The molecule has 2 aromatic heterocycles. The number of halogens is 1. The minimum atomic E-state index is -4.15. The molecule has 12 heteroatoms. The molecule has 0 bridgehead atoms. The van der Waals surface area contributed by atoms with Gasteiger partial charge in [-0.25, -0.2) is 14.7 Å². The number of rotatable bonds is 10. The van der Waals surface area contributed by atoms with Crippen molar-refractivity contribution < 1.29 is 22.0 Å². The molecular weight excluding hydrogens is 506 g/mol. The first-order chi connectivity index (χ1) is 17.0. The molecule has 10 nitrogen and oxygen atoms in total. The number of amides is 1. The van der Waals surface area contributed by atoms with E-state index in [1.807, 2.05) is 4.72 Å². The van der Waals surface area contributed by atoms with Crippen molar-refractivity contribution in [1.82, 2.24) is 9.71 Å². The second-order valence-electron chi connectivity index (χ2n) is 8.99. The third-order valence-electron chi connectivity index (χ3n) is 6.07. The van der Waals surface area contributed by atoms with Gasteiger partial charge in [0.25, 0.3) is 10.0 Å². The highest BCUT2D eigenvalue weighted by atomic mass is 35.5. The summed E-state index contributed by atoms with van der Waals surface area (Å²) in [6.45, 7) is 5.56. The lowest BCUT2D eigenvalue weighted by Crippen LogP contribution is -2.42. The Labute approximate surface area is 213 Å². The van der Waals surface area contributed by atoms with Crippen LogP contribution in [-0.2, 0) is 14.8 Å². The normalized spacial score (nSPS) is 20.0. The average molecular weight is 534 g/mol. The largest absolute Gasteiger partial charge is 0.440 e. The van der Waals surface area contributed by atoms with E-state index in [0.717, 1.165) is 18.4 Å². The second kappa shape index (κ2) is 10.1. The highest BCUT2D eigenvalue weighted by molar-refractivity contribution is 7.89. The number of aromatic nitrogens is 1. The third kappa shape index (κ3) is 5.63. The van der Waals surface area contributed by atoms with Gasteiger partial charge in [0, 0.05) is 17.4 Å². The third-order valence-corrected chi connectivity index (χ3v) is 7.55. The molecule has 0 spiro atoms. The quantitative estimate of drug-likeness (QED) is 0.201. The first-order valence-electron chi connectivity index (χ1n) is 11.5. The molecule has 1 aliphatic rings. The fraction of sp³-hybridized carbons (Fsp3) is 0.375. The van der Waals surface area contributed by atoms with Crippen LogP contribution in [0.1, 0.15) is 56.6 Å². The minimum absolute atomic E-state index is 0.0200. The van der Waals surface area contributed by atoms with Crippen LogP contribution in [0.15, 0.2) is 61.9 Å². The van der Waals surface area contributed by atoms with Crippen LogP contribution in [0.4, 0.5) is 0 Å². The molecule has 1 atom stereocenters. The fourth-order valence-corrected chi connectivity index (χ4v) is 5.31. The van der Waals surface area contributed by atoms with Crippen molar-refractivity contribution >= 4 is 44.5 Å². The number of aliphatic imine (C=N–C) groups is 1. The van der Waals surface area contributed by atoms with Gasteiger partial charge < -0.3 is 20.3 Å². The highest BCUT2D eigenvalue weighted by Gasteiger charge is 2.38. The van der Waals surface area contributed by atoms with Crippen LogP contribution in [0, 0.1) is 5.92 Å². The monoisotopic (exact) mass is 533 g/mol. The van der Waals surface area contributed by atoms with Gasteiger partial charge in [-0.05, 0) is 61.9 Å². The zero-order valence-corrected chi connectivity index (χ0v) is 21.3. The highest BCUT2D eigenvalue weighted by Crippen LogP contribution is 2.45. The molecule has 1 aromatic carbocycles. The van der Waals surface area contributed by atoms with Gasteiger partial charge in [0.05, 0.1) is 0 Å². The average Bonchev–Trinajstić information content (AvgIpc) is 3.43. The van der Waals surface area contributed by atoms with Crippen molar-refractivity contribution in [2.24, 2.45) is 22.4 Å². The van der Waals surface area contributed by atoms with Crippen molar-refractivity contribution in [2.45, 2.75) is 55.7 Å². The van der Waals surface area contributed by atoms with Crippen LogP contribution < -0.4 is 16.2 Å². The molecule has 0 unspecified atom stereocenters. The second-order valence-corrected chi connectivity index (χ2v) is 11.0. The zero-order valence-electron chi connectivity index (χ0n) is 19.7.